The minimum atomic E-state index is -0.0470. The number of rotatable bonds is 3. The van der Waals surface area contributed by atoms with Gasteiger partial charge < -0.3 is 0 Å². The van der Waals surface area contributed by atoms with Crippen LogP contribution in [-0.2, 0) is 6.54 Å². The summed E-state index contributed by atoms with van der Waals surface area (Å²) in [5.41, 5.74) is 1.36. The molecular weight excluding hydrogens is 218 g/mol. The van der Waals surface area contributed by atoms with Gasteiger partial charge in [0.15, 0.2) is 0 Å². The molecule has 0 radical (unpaired) electrons. The molecular formula is C17H25N. The van der Waals surface area contributed by atoms with Gasteiger partial charge in [0, 0.05) is 21.9 Å². The second-order valence-electron chi connectivity index (χ2n) is 5.72. The fourth-order valence-corrected chi connectivity index (χ4v) is 3.73. The number of likely N-dealkylation sites (tertiary alicyclic amines) is 1. The largest absolute Gasteiger partial charge is 0.296 e. The highest BCUT2D eigenvalue weighted by Gasteiger charge is 2.41. The van der Waals surface area contributed by atoms with Gasteiger partial charge >= 0.3 is 0 Å². The molecule has 1 unspecified atom stereocenters. The average molecular weight is 245 g/mol. The Kier molecular flexibility index (Phi) is 3.03. The number of nitrogens with zero attached hydrogens (tertiary/aromatic N) is 1. The highest BCUT2D eigenvalue weighted by atomic mass is 15.2. The van der Waals surface area contributed by atoms with Crippen molar-refractivity contribution in [3.8, 4) is 0 Å². The van der Waals surface area contributed by atoms with Crippen molar-refractivity contribution < 1.29 is 2.74 Å². The van der Waals surface area contributed by atoms with Crippen LogP contribution in [0.15, 0.2) is 30.3 Å². The quantitative estimate of drug-likeness (QED) is 0.775. The van der Waals surface area contributed by atoms with Gasteiger partial charge in [-0.25, -0.2) is 0 Å². The highest BCUT2D eigenvalue weighted by molar-refractivity contribution is 5.15. The van der Waals surface area contributed by atoms with Crippen LogP contribution in [0.1, 0.15) is 47.3 Å². The van der Waals surface area contributed by atoms with E-state index in [1.807, 2.05) is 6.92 Å². The zero-order chi connectivity index (χ0) is 14.1. The van der Waals surface area contributed by atoms with Gasteiger partial charge in [0.1, 0.15) is 0 Å². The third kappa shape index (κ3) is 2.33. The van der Waals surface area contributed by atoms with Crippen molar-refractivity contribution in [1.82, 2.24) is 4.90 Å². The van der Waals surface area contributed by atoms with Gasteiger partial charge in [0.05, 0.1) is 0 Å². The molecule has 2 aliphatic rings. The fraction of sp³-hybridized carbons (Fsp3) is 0.647. The van der Waals surface area contributed by atoms with Gasteiger partial charge in [-0.15, -0.1) is 0 Å². The summed E-state index contributed by atoms with van der Waals surface area (Å²) in [5.74, 6) is 0.798. The monoisotopic (exact) mass is 245 g/mol. The number of hydrogen-bond donors (Lipinski definition) is 0. The molecule has 0 amide bonds. The van der Waals surface area contributed by atoms with Crippen LogP contribution in [0.4, 0.5) is 0 Å². The standard InChI is InChI=1S/C17H25N/c1-2-15-13-18(12-14-8-4-3-5-9-14)17-11-7-6-10-16(15)17/h3-5,8-9,15-17H,2,6-7,10-13H2,1H3/t15-,16+,17+/m0/s1/i2D,10D/t2?,10-,15-,16+,17+. The molecule has 0 spiro atoms. The summed E-state index contributed by atoms with van der Waals surface area (Å²) in [6, 6.07) is 11.2. The molecule has 0 N–H and O–H groups in total. The molecule has 3 rings (SSSR count). The predicted molar refractivity (Wildman–Crippen MR) is 76.4 cm³/mol. The van der Waals surface area contributed by atoms with Gasteiger partial charge in [-0.05, 0) is 30.2 Å². The summed E-state index contributed by atoms with van der Waals surface area (Å²) in [6.45, 7) is 4.00. The number of benzene rings is 1. The first-order valence-electron chi connectivity index (χ1n) is 8.45. The van der Waals surface area contributed by atoms with Crippen LogP contribution in [0.5, 0.6) is 0 Å². The molecule has 1 aromatic carbocycles. The normalized spacial score (nSPS) is 39.8. The van der Waals surface area contributed by atoms with E-state index in [2.05, 4.69) is 35.2 Å². The maximum Gasteiger partial charge on any atom is 0.0270 e. The van der Waals surface area contributed by atoms with Crippen LogP contribution in [0.2, 0.25) is 0 Å². The van der Waals surface area contributed by atoms with E-state index in [9.17, 15) is 0 Å². The van der Waals surface area contributed by atoms with Crippen LogP contribution < -0.4 is 0 Å². The van der Waals surface area contributed by atoms with Crippen molar-refractivity contribution in [3.05, 3.63) is 35.9 Å². The molecule has 18 heavy (non-hydrogen) atoms. The Labute approximate surface area is 114 Å². The van der Waals surface area contributed by atoms with E-state index < -0.39 is 0 Å². The third-order valence-electron chi connectivity index (χ3n) is 4.65. The fourth-order valence-electron chi connectivity index (χ4n) is 3.73. The SMILES string of the molecule is [2H]C(C)[C@H]1CN(Cc2ccccc2)[C@@H]2CCC[C@H]([2H])[C@H]12. The third-order valence-corrected chi connectivity index (χ3v) is 4.65. The van der Waals surface area contributed by atoms with Crippen molar-refractivity contribution in [2.24, 2.45) is 11.8 Å². The Morgan fingerprint density at radius 2 is 2.17 bits per heavy atom. The minimum Gasteiger partial charge on any atom is -0.296 e. The van der Waals surface area contributed by atoms with Crippen molar-refractivity contribution in [3.63, 3.8) is 0 Å². The van der Waals surface area contributed by atoms with E-state index in [1.165, 1.54) is 18.4 Å². The van der Waals surface area contributed by atoms with Crippen LogP contribution in [0.25, 0.3) is 0 Å². The summed E-state index contributed by atoms with van der Waals surface area (Å²) in [6.07, 6.45) is 3.43. The van der Waals surface area contributed by atoms with Crippen molar-refractivity contribution in [2.45, 2.75) is 51.6 Å². The van der Waals surface area contributed by atoms with Crippen LogP contribution in [-0.4, -0.2) is 17.5 Å². The molecule has 1 heterocycles. The minimum absolute atomic E-state index is 0.0470. The van der Waals surface area contributed by atoms with Crippen molar-refractivity contribution in [1.29, 1.82) is 0 Å². The zero-order valence-corrected chi connectivity index (χ0v) is 11.3. The second kappa shape index (κ2) is 5.44. The van der Waals surface area contributed by atoms with E-state index in [-0.39, 0.29) is 12.8 Å². The molecule has 1 saturated carbocycles. The first kappa shape index (κ1) is 10.0. The zero-order valence-electron chi connectivity index (χ0n) is 13.3. The molecule has 2 fully saturated rings. The highest BCUT2D eigenvalue weighted by Crippen LogP contribution is 2.41. The van der Waals surface area contributed by atoms with E-state index in [0.717, 1.165) is 19.5 Å². The maximum absolute atomic E-state index is 8.38. The molecule has 1 aliphatic carbocycles. The lowest BCUT2D eigenvalue weighted by molar-refractivity contribution is 0.172. The lowest BCUT2D eigenvalue weighted by Gasteiger charge is -2.32. The first-order chi connectivity index (χ1) is 9.66. The Morgan fingerprint density at radius 3 is 2.94 bits per heavy atom. The summed E-state index contributed by atoms with van der Waals surface area (Å²) < 4.78 is 16.5. The molecule has 5 atom stereocenters. The summed E-state index contributed by atoms with van der Waals surface area (Å²) in [5, 5.41) is 0. The Hall–Kier alpha value is -0.820. The number of hydrogen-bond acceptors (Lipinski definition) is 1. The topological polar surface area (TPSA) is 3.24 Å². The maximum atomic E-state index is 8.38. The van der Waals surface area contributed by atoms with Crippen LogP contribution >= 0.6 is 0 Å². The van der Waals surface area contributed by atoms with E-state index in [4.69, 9.17) is 2.74 Å². The Morgan fingerprint density at radius 1 is 1.33 bits per heavy atom. The smallest absolute Gasteiger partial charge is 0.0270 e. The molecule has 1 aromatic rings. The van der Waals surface area contributed by atoms with E-state index >= 15 is 0 Å². The van der Waals surface area contributed by atoms with Crippen molar-refractivity contribution in [2.75, 3.05) is 6.54 Å². The lowest BCUT2D eigenvalue weighted by atomic mass is 9.79. The summed E-state index contributed by atoms with van der Waals surface area (Å²) in [7, 11) is 0. The molecule has 1 nitrogen and oxygen atoms in total. The molecule has 0 aromatic heterocycles. The first-order valence-corrected chi connectivity index (χ1v) is 7.29. The second-order valence-corrected chi connectivity index (χ2v) is 5.72. The van der Waals surface area contributed by atoms with Gasteiger partial charge in [0.25, 0.3) is 0 Å². The van der Waals surface area contributed by atoms with E-state index in [0.29, 0.717) is 17.9 Å². The average Bonchev–Trinajstić information content (AvgIpc) is 2.81. The van der Waals surface area contributed by atoms with Gasteiger partial charge in [-0.3, -0.25) is 4.90 Å². The lowest BCUT2D eigenvalue weighted by Crippen LogP contribution is -2.34. The number of fused-ring (bicyclic) bond motifs is 1. The Bertz CT molecular complexity index is 434. The van der Waals surface area contributed by atoms with Crippen molar-refractivity contribution >= 4 is 0 Å². The molecule has 98 valence electrons. The summed E-state index contributed by atoms with van der Waals surface area (Å²) in [4.78, 5) is 2.55. The molecule has 1 aliphatic heterocycles. The Balaban J connectivity index is 1.78. The van der Waals surface area contributed by atoms with Gasteiger partial charge in [0.2, 0.25) is 0 Å². The van der Waals surface area contributed by atoms with Gasteiger partial charge in [-0.2, -0.15) is 0 Å². The molecule has 1 saturated heterocycles. The van der Waals surface area contributed by atoms with Crippen LogP contribution in [0, 0.1) is 11.8 Å². The van der Waals surface area contributed by atoms with Crippen LogP contribution in [0.3, 0.4) is 0 Å². The van der Waals surface area contributed by atoms with Gasteiger partial charge in [-0.1, -0.05) is 56.5 Å². The summed E-state index contributed by atoms with van der Waals surface area (Å²) >= 11 is 0. The predicted octanol–water partition coefficient (Wildman–Crippen LogP) is 4.09. The molecule has 1 heteroatoms. The molecule has 0 bridgehead atoms. The van der Waals surface area contributed by atoms with E-state index in [1.54, 1.807) is 0 Å².